The van der Waals surface area contributed by atoms with Crippen LogP contribution in [0.3, 0.4) is 0 Å². The first-order valence-electron chi connectivity index (χ1n) is 32.8. The highest BCUT2D eigenvalue weighted by Gasteiger charge is 2.28. The fraction of sp³-hybridized carbons (Fsp3) is 0.700. The van der Waals surface area contributed by atoms with Crippen molar-refractivity contribution in [1.29, 1.82) is 0 Å². The first-order valence-corrected chi connectivity index (χ1v) is 34.3. The Kier molecular flexibility index (Phi) is 60.2. The van der Waals surface area contributed by atoms with Crippen molar-refractivity contribution in [2.45, 2.75) is 290 Å². The summed E-state index contributed by atoms with van der Waals surface area (Å²) in [4.78, 5) is 48.8. The van der Waals surface area contributed by atoms with E-state index in [1.54, 1.807) is 0 Å². The van der Waals surface area contributed by atoms with Gasteiger partial charge in [0.25, 0.3) is 0 Å². The van der Waals surface area contributed by atoms with Crippen molar-refractivity contribution in [1.82, 2.24) is 0 Å². The highest BCUT2D eigenvalue weighted by atomic mass is 31.2. The minimum atomic E-state index is -4.77. The summed E-state index contributed by atoms with van der Waals surface area (Å²) in [6.07, 6.45) is 77.4. The maximum atomic E-state index is 13.0. The van der Waals surface area contributed by atoms with Crippen molar-refractivity contribution in [3.63, 3.8) is 0 Å². The molecule has 0 aromatic heterocycles. The van der Waals surface area contributed by atoms with E-state index in [1.165, 1.54) is 70.6 Å². The Balaban J connectivity index is 4.74. The molecule has 0 heterocycles. The third-order valence-corrected chi connectivity index (χ3v) is 14.6. The molecule has 0 aromatic carbocycles. The summed E-state index contributed by atoms with van der Waals surface area (Å²) in [6, 6.07) is 0. The highest BCUT2D eigenvalue weighted by molar-refractivity contribution is 7.47. The summed E-state index contributed by atoms with van der Waals surface area (Å²) < 4.78 is 39.7. The lowest BCUT2D eigenvalue weighted by atomic mass is 10.1. The van der Waals surface area contributed by atoms with E-state index in [0.29, 0.717) is 19.3 Å². The molecule has 0 aliphatic heterocycles. The summed E-state index contributed by atoms with van der Waals surface area (Å²) >= 11 is 0. The molecule has 0 aliphatic rings. The van der Waals surface area contributed by atoms with Crippen LogP contribution in [-0.4, -0.2) is 66.5 Å². The molecule has 0 fully saturated rings. The van der Waals surface area contributed by atoms with Crippen molar-refractivity contribution in [3.8, 4) is 0 Å². The molecule has 0 radical (unpaired) electrons. The summed E-state index contributed by atoms with van der Waals surface area (Å²) in [7, 11) is -4.77. The topological polar surface area (TPSA) is 155 Å². The van der Waals surface area contributed by atoms with Gasteiger partial charge < -0.3 is 24.2 Å². The second-order valence-corrected chi connectivity index (χ2v) is 23.0. The van der Waals surface area contributed by atoms with Crippen molar-refractivity contribution in [2.75, 3.05) is 26.4 Å². The number of carbonyl (C=O) groups excluding carboxylic acids is 3. The number of aliphatic hydroxyl groups excluding tert-OH is 1. The monoisotopic (exact) mass is 1170 g/mol. The maximum Gasteiger partial charge on any atom is 0.472 e. The minimum absolute atomic E-state index is 0.145. The lowest BCUT2D eigenvalue weighted by Gasteiger charge is -2.21. The van der Waals surface area contributed by atoms with Gasteiger partial charge in [-0.15, -0.1) is 0 Å². The normalized spacial score (nSPS) is 14.0. The average Bonchev–Trinajstić information content (AvgIpc) is 3.50. The van der Waals surface area contributed by atoms with Gasteiger partial charge in [-0.3, -0.25) is 23.4 Å². The van der Waals surface area contributed by atoms with Crippen LogP contribution in [0.2, 0.25) is 0 Å². The van der Waals surface area contributed by atoms with Gasteiger partial charge in [-0.05, 0) is 122 Å². The summed E-state index contributed by atoms with van der Waals surface area (Å²) in [5.74, 6) is -1.49. The molecular formula is C70H119O11P. The number of hydrogen-bond donors (Lipinski definition) is 2. The van der Waals surface area contributed by atoms with E-state index in [-0.39, 0.29) is 25.9 Å². The largest absolute Gasteiger partial charge is 0.472 e. The van der Waals surface area contributed by atoms with Gasteiger partial charge in [0.2, 0.25) is 0 Å². The number of rotatable bonds is 60. The van der Waals surface area contributed by atoms with E-state index in [9.17, 15) is 28.9 Å². The van der Waals surface area contributed by atoms with Gasteiger partial charge in [0.05, 0.1) is 19.8 Å². The Bertz CT molecular complexity index is 1790. The van der Waals surface area contributed by atoms with E-state index < -0.39 is 57.8 Å². The quantitative estimate of drug-likeness (QED) is 0.0197. The molecule has 0 saturated heterocycles. The number of phosphoric acid groups is 1. The molecule has 0 aromatic rings. The SMILES string of the molecule is CC/C=C\C/C=C\C/C=C\C/C=C\CCCCCCCCC(=O)OC(COC(=O)CCCCCCCCCCC/C=C\C/C=C\CCCCC)COP(=O)(O)OCC(CO)OC(=O)CCCCCCCCC/C=C\C/C=C\C/C=C\CC. The van der Waals surface area contributed by atoms with Crippen LogP contribution >= 0.6 is 7.82 Å². The van der Waals surface area contributed by atoms with Crippen LogP contribution in [0.4, 0.5) is 0 Å². The molecule has 12 heteroatoms. The van der Waals surface area contributed by atoms with Gasteiger partial charge in [-0.1, -0.05) is 246 Å². The molecule has 0 aliphatic carbocycles. The van der Waals surface area contributed by atoms with E-state index in [2.05, 4.69) is 130 Å². The Morgan fingerprint density at radius 3 is 0.976 bits per heavy atom. The van der Waals surface area contributed by atoms with Crippen LogP contribution in [-0.2, 0) is 42.2 Å². The third kappa shape index (κ3) is 60.7. The van der Waals surface area contributed by atoms with Gasteiger partial charge in [-0.25, -0.2) is 4.57 Å². The smallest absolute Gasteiger partial charge is 0.462 e. The molecule has 3 unspecified atom stereocenters. The number of ether oxygens (including phenoxy) is 3. The van der Waals surface area contributed by atoms with Crippen LogP contribution in [0, 0.1) is 0 Å². The average molecular weight is 1170 g/mol. The standard InChI is InChI=1S/C70H119O11P/c1-4-7-10-13-16-19-22-25-28-31-33-36-38-41-44-47-50-53-56-59-68(72)77-63-67(81-70(74)61-58-55-52-49-46-43-40-37-34-32-29-26-23-20-17-14-11-8-5-2)65-79-82(75,76)78-64-66(62-71)80-69(73)60-57-54-51-48-45-42-39-35-30-27-24-21-18-15-12-9-6-3/h8-9,11-12,16-21,25-30,34,37,66-67,71H,4-7,10,13-15,22-24,31-33,35-36,38-65H2,1-3H3,(H,75,76)/b11-8-,12-9-,19-16-,20-17-,21-18-,28-25-,29-26-,30-27-,37-34-. The second-order valence-electron chi connectivity index (χ2n) is 21.5. The molecule has 0 amide bonds. The number of hydrogen-bond acceptors (Lipinski definition) is 10. The highest BCUT2D eigenvalue weighted by Crippen LogP contribution is 2.43. The van der Waals surface area contributed by atoms with E-state index >= 15 is 0 Å². The van der Waals surface area contributed by atoms with Gasteiger partial charge in [0.1, 0.15) is 12.7 Å². The molecule has 3 atom stereocenters. The molecule has 2 N–H and O–H groups in total. The number of aliphatic hydroxyl groups is 1. The molecule has 0 spiro atoms. The Hall–Kier alpha value is -3.86. The van der Waals surface area contributed by atoms with Crippen molar-refractivity contribution < 1.29 is 52.2 Å². The maximum absolute atomic E-state index is 13.0. The van der Waals surface area contributed by atoms with Gasteiger partial charge in [0.15, 0.2) is 6.10 Å². The number of allylic oxidation sites excluding steroid dienone is 18. The lowest BCUT2D eigenvalue weighted by molar-refractivity contribution is -0.161. The van der Waals surface area contributed by atoms with E-state index in [1.807, 2.05) is 0 Å². The van der Waals surface area contributed by atoms with Crippen molar-refractivity contribution in [3.05, 3.63) is 109 Å². The molecule has 11 nitrogen and oxygen atoms in total. The van der Waals surface area contributed by atoms with Gasteiger partial charge >= 0.3 is 25.7 Å². The van der Waals surface area contributed by atoms with Crippen LogP contribution in [0.25, 0.3) is 0 Å². The van der Waals surface area contributed by atoms with Crippen LogP contribution < -0.4 is 0 Å². The minimum Gasteiger partial charge on any atom is -0.462 e. The molecule has 470 valence electrons. The predicted octanol–water partition coefficient (Wildman–Crippen LogP) is 20.1. The van der Waals surface area contributed by atoms with Crippen LogP contribution in [0.5, 0.6) is 0 Å². The first-order chi connectivity index (χ1) is 40.2. The van der Waals surface area contributed by atoms with Gasteiger partial charge in [-0.2, -0.15) is 0 Å². The third-order valence-electron chi connectivity index (χ3n) is 13.7. The number of esters is 3. The Morgan fingerprint density at radius 1 is 0.354 bits per heavy atom. The summed E-state index contributed by atoms with van der Waals surface area (Å²) in [6.45, 7) is 4.39. The van der Waals surface area contributed by atoms with Crippen molar-refractivity contribution >= 4 is 25.7 Å². The lowest BCUT2D eigenvalue weighted by Crippen LogP contribution is -2.30. The number of carbonyl (C=O) groups is 3. The molecule has 82 heavy (non-hydrogen) atoms. The molecule has 0 saturated carbocycles. The predicted molar refractivity (Wildman–Crippen MR) is 343 cm³/mol. The summed E-state index contributed by atoms with van der Waals surface area (Å²) in [5, 5.41) is 9.86. The van der Waals surface area contributed by atoms with E-state index in [4.69, 9.17) is 23.3 Å². The van der Waals surface area contributed by atoms with Crippen LogP contribution in [0.1, 0.15) is 278 Å². The van der Waals surface area contributed by atoms with Gasteiger partial charge in [0, 0.05) is 19.3 Å². The van der Waals surface area contributed by atoms with Crippen molar-refractivity contribution in [2.24, 2.45) is 0 Å². The van der Waals surface area contributed by atoms with E-state index in [0.717, 1.165) is 148 Å². The zero-order valence-corrected chi connectivity index (χ0v) is 53.1. The Morgan fingerprint density at radius 2 is 0.634 bits per heavy atom. The zero-order valence-electron chi connectivity index (χ0n) is 52.2. The molecule has 0 rings (SSSR count). The fourth-order valence-electron chi connectivity index (χ4n) is 8.75. The Labute approximate surface area is 501 Å². The first kappa shape index (κ1) is 78.1. The van der Waals surface area contributed by atoms with Crippen LogP contribution in [0.15, 0.2) is 109 Å². The number of phosphoric ester groups is 1. The fourth-order valence-corrected chi connectivity index (χ4v) is 9.53. The number of unbranched alkanes of at least 4 members (excludes halogenated alkanes) is 25. The second kappa shape index (κ2) is 63.2. The molecular weight excluding hydrogens is 1050 g/mol. The molecule has 0 bridgehead atoms. The summed E-state index contributed by atoms with van der Waals surface area (Å²) in [5.41, 5.74) is 0. The zero-order chi connectivity index (χ0) is 59.8.